The van der Waals surface area contributed by atoms with Gasteiger partial charge in [-0.2, -0.15) is 0 Å². The Balaban J connectivity index is 2.25. The summed E-state index contributed by atoms with van der Waals surface area (Å²) in [6.07, 6.45) is 0. The molecule has 0 fully saturated rings. The molecule has 2 rings (SSSR count). The van der Waals surface area contributed by atoms with Crippen molar-refractivity contribution in [1.29, 1.82) is 0 Å². The first-order valence-corrected chi connectivity index (χ1v) is 7.65. The average Bonchev–Trinajstić information content (AvgIpc) is 2.48. The molecular weight excluding hydrogens is 337 g/mol. The summed E-state index contributed by atoms with van der Waals surface area (Å²) in [6.45, 7) is 0.841. The third-order valence-electron chi connectivity index (χ3n) is 3.02. The third-order valence-corrected chi connectivity index (χ3v) is 3.46. The molecule has 1 amide bonds. The fourth-order valence-electron chi connectivity index (χ4n) is 2.00. The topological polar surface area (TPSA) is 76.4 Å². The lowest BCUT2D eigenvalue weighted by molar-refractivity contribution is 0.0938. The Hall–Kier alpha value is -1.95. The molecule has 23 heavy (non-hydrogen) atoms. The Bertz CT molecular complexity index is 687. The van der Waals surface area contributed by atoms with Gasteiger partial charge in [0, 0.05) is 35.1 Å². The van der Waals surface area contributed by atoms with Crippen LogP contribution in [-0.4, -0.2) is 26.2 Å². The molecule has 0 saturated heterocycles. The summed E-state index contributed by atoms with van der Waals surface area (Å²) >= 11 is 12.0. The van der Waals surface area contributed by atoms with E-state index in [4.69, 9.17) is 33.7 Å². The second-order valence-electron chi connectivity index (χ2n) is 4.84. The van der Waals surface area contributed by atoms with E-state index in [0.29, 0.717) is 45.8 Å². The summed E-state index contributed by atoms with van der Waals surface area (Å²) in [5.74, 6) is -0.245. The van der Waals surface area contributed by atoms with Crippen molar-refractivity contribution in [3.05, 3.63) is 52.0 Å². The number of halogens is 2. The van der Waals surface area contributed by atoms with Crippen molar-refractivity contribution < 1.29 is 9.53 Å². The Labute approximate surface area is 144 Å². The standard InChI is InChI=1S/C16H17Cl2N3O2/c1-23-5-4-20-16(22)14-9-12(19)2-3-15(14)21-13-7-10(17)6-11(18)8-13/h2-3,6-9,21H,4-5,19H2,1H3,(H,20,22). The van der Waals surface area contributed by atoms with Crippen LogP contribution in [0.15, 0.2) is 36.4 Å². The summed E-state index contributed by atoms with van der Waals surface area (Å²) in [6, 6.07) is 10.1. The summed E-state index contributed by atoms with van der Waals surface area (Å²) in [4.78, 5) is 12.3. The maximum atomic E-state index is 12.3. The van der Waals surface area contributed by atoms with Crippen LogP contribution < -0.4 is 16.4 Å². The van der Waals surface area contributed by atoms with Gasteiger partial charge >= 0.3 is 0 Å². The normalized spacial score (nSPS) is 10.4. The second-order valence-corrected chi connectivity index (χ2v) is 5.71. The first-order valence-electron chi connectivity index (χ1n) is 6.89. The van der Waals surface area contributed by atoms with Gasteiger partial charge in [-0.3, -0.25) is 4.79 Å². The number of nitrogen functional groups attached to an aromatic ring is 1. The molecule has 0 heterocycles. The van der Waals surface area contributed by atoms with Gasteiger partial charge in [0.1, 0.15) is 0 Å². The monoisotopic (exact) mass is 353 g/mol. The molecule has 122 valence electrons. The SMILES string of the molecule is COCCNC(=O)c1cc(N)ccc1Nc1cc(Cl)cc(Cl)c1. The molecule has 0 atom stereocenters. The maximum Gasteiger partial charge on any atom is 0.253 e. The van der Waals surface area contributed by atoms with E-state index in [2.05, 4.69) is 10.6 Å². The molecule has 0 radical (unpaired) electrons. The molecule has 4 N–H and O–H groups in total. The van der Waals surface area contributed by atoms with Crippen LogP contribution in [0.3, 0.4) is 0 Å². The van der Waals surface area contributed by atoms with Gasteiger partial charge in [-0.25, -0.2) is 0 Å². The number of ether oxygens (including phenoxy) is 1. The average molecular weight is 354 g/mol. The lowest BCUT2D eigenvalue weighted by Crippen LogP contribution is -2.27. The first-order chi connectivity index (χ1) is 11.0. The predicted octanol–water partition coefficient (Wildman–Crippen LogP) is 3.70. The van der Waals surface area contributed by atoms with Crippen molar-refractivity contribution in [2.45, 2.75) is 0 Å². The highest BCUT2D eigenvalue weighted by Crippen LogP contribution is 2.27. The van der Waals surface area contributed by atoms with Crippen LogP contribution in [0.1, 0.15) is 10.4 Å². The van der Waals surface area contributed by atoms with Crippen LogP contribution in [0, 0.1) is 0 Å². The number of nitrogens with two attached hydrogens (primary N) is 1. The second kappa shape index (κ2) is 8.06. The summed E-state index contributed by atoms with van der Waals surface area (Å²) in [5, 5.41) is 6.90. The molecule has 7 heteroatoms. The number of carbonyl (C=O) groups excluding carboxylic acids is 1. The minimum atomic E-state index is -0.245. The molecule has 0 saturated carbocycles. The number of hydrogen-bond donors (Lipinski definition) is 3. The van der Waals surface area contributed by atoms with Gasteiger partial charge in [0.15, 0.2) is 0 Å². The van der Waals surface area contributed by atoms with Crippen molar-refractivity contribution in [3.8, 4) is 0 Å². The van der Waals surface area contributed by atoms with Gasteiger partial charge in [0.25, 0.3) is 5.91 Å². The molecule has 0 unspecified atom stereocenters. The predicted molar refractivity (Wildman–Crippen MR) is 94.8 cm³/mol. The van der Waals surface area contributed by atoms with Crippen molar-refractivity contribution in [3.63, 3.8) is 0 Å². The summed E-state index contributed by atoms with van der Waals surface area (Å²) < 4.78 is 4.92. The molecule has 5 nitrogen and oxygen atoms in total. The molecule has 2 aromatic carbocycles. The zero-order valence-electron chi connectivity index (χ0n) is 12.5. The number of carbonyl (C=O) groups is 1. The molecular formula is C16H17Cl2N3O2. The quantitative estimate of drug-likeness (QED) is 0.546. The van der Waals surface area contributed by atoms with Crippen molar-refractivity contribution in [2.24, 2.45) is 0 Å². The van der Waals surface area contributed by atoms with E-state index in [-0.39, 0.29) is 5.91 Å². The third kappa shape index (κ3) is 5.03. The van der Waals surface area contributed by atoms with Crippen LogP contribution in [0.5, 0.6) is 0 Å². The Morgan fingerprint density at radius 3 is 2.52 bits per heavy atom. The minimum absolute atomic E-state index is 0.245. The lowest BCUT2D eigenvalue weighted by Gasteiger charge is -2.13. The van der Waals surface area contributed by atoms with Crippen molar-refractivity contribution in [2.75, 3.05) is 31.3 Å². The van der Waals surface area contributed by atoms with Crippen molar-refractivity contribution in [1.82, 2.24) is 5.32 Å². The number of amides is 1. The van der Waals surface area contributed by atoms with E-state index >= 15 is 0 Å². The molecule has 2 aromatic rings. The van der Waals surface area contributed by atoms with Crippen LogP contribution in [-0.2, 0) is 4.74 Å². The van der Waals surface area contributed by atoms with E-state index in [1.807, 2.05) is 0 Å². The van der Waals surface area contributed by atoms with Gasteiger partial charge in [-0.05, 0) is 36.4 Å². The molecule has 0 aliphatic rings. The van der Waals surface area contributed by atoms with Gasteiger partial charge in [-0.1, -0.05) is 23.2 Å². The zero-order chi connectivity index (χ0) is 16.8. The minimum Gasteiger partial charge on any atom is -0.399 e. The first kappa shape index (κ1) is 17.4. The smallest absolute Gasteiger partial charge is 0.253 e. The van der Waals surface area contributed by atoms with Gasteiger partial charge in [-0.15, -0.1) is 0 Å². The fraction of sp³-hybridized carbons (Fsp3) is 0.188. The highest BCUT2D eigenvalue weighted by atomic mass is 35.5. The van der Waals surface area contributed by atoms with Gasteiger partial charge in [0.05, 0.1) is 17.9 Å². The van der Waals surface area contributed by atoms with E-state index in [1.54, 1.807) is 43.5 Å². The number of anilines is 3. The van der Waals surface area contributed by atoms with Crippen LogP contribution in [0.25, 0.3) is 0 Å². The Morgan fingerprint density at radius 2 is 1.87 bits per heavy atom. The van der Waals surface area contributed by atoms with Gasteiger partial charge in [0.2, 0.25) is 0 Å². The molecule has 0 aromatic heterocycles. The van der Waals surface area contributed by atoms with E-state index < -0.39 is 0 Å². The summed E-state index contributed by atoms with van der Waals surface area (Å²) in [5.41, 5.74) is 7.99. The number of rotatable bonds is 6. The molecule has 0 spiro atoms. The fourth-order valence-corrected chi connectivity index (χ4v) is 2.53. The number of nitrogens with one attached hydrogen (secondary N) is 2. The van der Waals surface area contributed by atoms with Crippen LogP contribution in [0.4, 0.5) is 17.1 Å². The van der Waals surface area contributed by atoms with Crippen molar-refractivity contribution >= 4 is 46.2 Å². The van der Waals surface area contributed by atoms with E-state index in [0.717, 1.165) is 0 Å². The highest BCUT2D eigenvalue weighted by molar-refractivity contribution is 6.35. The largest absolute Gasteiger partial charge is 0.399 e. The number of benzene rings is 2. The van der Waals surface area contributed by atoms with Crippen LogP contribution in [0.2, 0.25) is 10.0 Å². The highest BCUT2D eigenvalue weighted by Gasteiger charge is 2.12. The molecule has 0 bridgehead atoms. The number of methoxy groups -OCH3 is 1. The summed E-state index contributed by atoms with van der Waals surface area (Å²) in [7, 11) is 1.57. The van der Waals surface area contributed by atoms with E-state index in [9.17, 15) is 4.79 Å². The zero-order valence-corrected chi connectivity index (χ0v) is 14.0. The number of hydrogen-bond acceptors (Lipinski definition) is 4. The Morgan fingerprint density at radius 1 is 1.17 bits per heavy atom. The Kier molecular flexibility index (Phi) is 6.10. The lowest BCUT2D eigenvalue weighted by atomic mass is 10.1. The van der Waals surface area contributed by atoms with Crippen LogP contribution >= 0.6 is 23.2 Å². The molecule has 0 aliphatic carbocycles. The van der Waals surface area contributed by atoms with E-state index in [1.165, 1.54) is 0 Å². The van der Waals surface area contributed by atoms with Gasteiger partial charge < -0.3 is 21.1 Å². The maximum absolute atomic E-state index is 12.3. The molecule has 0 aliphatic heterocycles.